The van der Waals surface area contributed by atoms with E-state index in [9.17, 15) is 4.79 Å². The van der Waals surface area contributed by atoms with Crippen LogP contribution in [0.15, 0.2) is 21.5 Å². The van der Waals surface area contributed by atoms with Crippen LogP contribution < -0.4 is 16.4 Å². The van der Waals surface area contributed by atoms with Crippen molar-refractivity contribution in [2.45, 2.75) is 13.5 Å². The van der Waals surface area contributed by atoms with Gasteiger partial charge in [-0.1, -0.05) is 0 Å². The first-order valence-corrected chi connectivity index (χ1v) is 7.46. The van der Waals surface area contributed by atoms with Crippen LogP contribution in [0.2, 0.25) is 0 Å². The monoisotopic (exact) mass is 284 g/mol. The van der Waals surface area contributed by atoms with Crippen molar-refractivity contribution >= 4 is 23.6 Å². The number of rotatable bonds is 7. The largest absolute Gasteiger partial charge is 0.454 e. The van der Waals surface area contributed by atoms with Crippen LogP contribution in [0.1, 0.15) is 23.2 Å². The van der Waals surface area contributed by atoms with E-state index in [1.54, 1.807) is 23.9 Å². The number of guanidine groups is 1. The van der Waals surface area contributed by atoms with Gasteiger partial charge >= 0.3 is 0 Å². The zero-order valence-electron chi connectivity index (χ0n) is 11.2. The van der Waals surface area contributed by atoms with Gasteiger partial charge in [0.15, 0.2) is 11.7 Å². The summed E-state index contributed by atoms with van der Waals surface area (Å²) < 4.78 is 5.26. The lowest BCUT2D eigenvalue weighted by molar-refractivity contribution is 0.0972. The maximum absolute atomic E-state index is 10.9. The Morgan fingerprint density at radius 3 is 2.84 bits per heavy atom. The standard InChI is InChI=1S/C12H20N4O2S/c1-3-14-12(15-6-7-19-2)16-8-9-4-5-10(18-9)11(13)17/h4-5H,3,6-8H2,1-2H3,(H2,13,17)(H2,14,15,16). The van der Waals surface area contributed by atoms with Gasteiger partial charge in [-0.3, -0.25) is 4.79 Å². The number of amides is 1. The first kappa shape index (κ1) is 15.4. The van der Waals surface area contributed by atoms with E-state index >= 15 is 0 Å². The van der Waals surface area contributed by atoms with Crippen molar-refractivity contribution in [2.75, 3.05) is 25.1 Å². The fourth-order valence-corrected chi connectivity index (χ4v) is 1.67. The van der Waals surface area contributed by atoms with Gasteiger partial charge in [-0.2, -0.15) is 11.8 Å². The predicted octanol–water partition coefficient (Wildman–Crippen LogP) is 0.797. The molecule has 1 aromatic heterocycles. The summed E-state index contributed by atoms with van der Waals surface area (Å²) in [6.45, 7) is 4.00. The number of primary amides is 1. The Balaban J connectivity index is 2.55. The first-order valence-electron chi connectivity index (χ1n) is 6.07. The SMILES string of the molecule is CCNC(=NCc1ccc(C(N)=O)o1)NCCSC. The molecule has 1 rings (SSSR count). The second kappa shape index (κ2) is 8.47. The van der Waals surface area contributed by atoms with E-state index in [1.165, 1.54) is 0 Å². The minimum atomic E-state index is -0.569. The van der Waals surface area contributed by atoms with E-state index in [-0.39, 0.29) is 5.76 Å². The normalized spacial score (nSPS) is 11.4. The molecule has 0 saturated carbocycles. The topological polar surface area (TPSA) is 92.6 Å². The Morgan fingerprint density at radius 2 is 2.26 bits per heavy atom. The number of carbonyl (C=O) groups is 1. The fraction of sp³-hybridized carbons (Fsp3) is 0.500. The highest BCUT2D eigenvalue weighted by atomic mass is 32.2. The van der Waals surface area contributed by atoms with E-state index in [2.05, 4.69) is 21.9 Å². The molecule has 0 aliphatic rings. The molecule has 0 aliphatic heterocycles. The van der Waals surface area contributed by atoms with Gasteiger partial charge in [0.2, 0.25) is 0 Å². The Bertz CT molecular complexity index is 431. The molecular formula is C12H20N4O2S. The molecule has 6 nitrogen and oxygen atoms in total. The summed E-state index contributed by atoms with van der Waals surface area (Å²) in [5.41, 5.74) is 5.12. The number of aliphatic imine (C=N–C) groups is 1. The molecule has 0 saturated heterocycles. The summed E-state index contributed by atoms with van der Waals surface area (Å²) in [7, 11) is 0. The van der Waals surface area contributed by atoms with Crippen LogP contribution in [0.25, 0.3) is 0 Å². The van der Waals surface area contributed by atoms with Gasteiger partial charge in [-0.05, 0) is 25.3 Å². The van der Waals surface area contributed by atoms with Gasteiger partial charge in [0.1, 0.15) is 12.3 Å². The second-order valence-corrected chi connectivity index (χ2v) is 4.73. The molecule has 0 spiro atoms. The Morgan fingerprint density at radius 1 is 1.47 bits per heavy atom. The van der Waals surface area contributed by atoms with E-state index in [0.29, 0.717) is 12.3 Å². The van der Waals surface area contributed by atoms with Crippen molar-refractivity contribution in [3.63, 3.8) is 0 Å². The Labute approximate surface area is 117 Å². The van der Waals surface area contributed by atoms with Crippen molar-refractivity contribution in [1.29, 1.82) is 0 Å². The number of carbonyl (C=O) groups excluding carboxylic acids is 1. The van der Waals surface area contributed by atoms with Crippen LogP contribution in [0, 0.1) is 0 Å². The molecule has 19 heavy (non-hydrogen) atoms. The quantitative estimate of drug-likeness (QED) is 0.391. The number of hydrogen-bond donors (Lipinski definition) is 3. The predicted molar refractivity (Wildman–Crippen MR) is 78.4 cm³/mol. The summed E-state index contributed by atoms with van der Waals surface area (Å²) >= 11 is 1.77. The van der Waals surface area contributed by atoms with E-state index < -0.39 is 5.91 Å². The zero-order valence-corrected chi connectivity index (χ0v) is 12.0. The summed E-state index contributed by atoms with van der Waals surface area (Å²) in [6.07, 6.45) is 2.06. The lowest BCUT2D eigenvalue weighted by Crippen LogP contribution is -2.38. The average Bonchev–Trinajstić information content (AvgIpc) is 2.85. The number of hydrogen-bond acceptors (Lipinski definition) is 4. The zero-order chi connectivity index (χ0) is 14.1. The number of nitrogens with one attached hydrogen (secondary N) is 2. The minimum absolute atomic E-state index is 0.158. The summed E-state index contributed by atoms with van der Waals surface area (Å²) in [5.74, 6) is 1.94. The molecule has 1 amide bonds. The van der Waals surface area contributed by atoms with E-state index in [0.717, 1.165) is 24.8 Å². The third kappa shape index (κ3) is 5.69. The molecule has 7 heteroatoms. The Hall–Kier alpha value is -1.63. The molecule has 0 unspecified atom stereocenters. The highest BCUT2D eigenvalue weighted by molar-refractivity contribution is 7.98. The summed E-state index contributed by atoms with van der Waals surface area (Å²) in [6, 6.07) is 3.26. The number of nitrogens with zero attached hydrogens (tertiary/aromatic N) is 1. The van der Waals surface area contributed by atoms with Crippen LogP contribution in [0.5, 0.6) is 0 Å². The number of nitrogens with two attached hydrogens (primary N) is 1. The fourth-order valence-electron chi connectivity index (χ4n) is 1.37. The molecular weight excluding hydrogens is 264 g/mol. The van der Waals surface area contributed by atoms with Gasteiger partial charge in [0.25, 0.3) is 5.91 Å². The van der Waals surface area contributed by atoms with Crippen molar-refractivity contribution in [1.82, 2.24) is 10.6 Å². The third-order valence-corrected chi connectivity index (χ3v) is 2.85. The molecule has 1 heterocycles. The number of furan rings is 1. The van der Waals surface area contributed by atoms with Gasteiger partial charge in [0.05, 0.1) is 0 Å². The van der Waals surface area contributed by atoms with Gasteiger partial charge in [-0.25, -0.2) is 4.99 Å². The molecule has 1 aromatic rings. The third-order valence-electron chi connectivity index (χ3n) is 2.24. The summed E-state index contributed by atoms with van der Waals surface area (Å²) in [4.78, 5) is 15.3. The van der Waals surface area contributed by atoms with Crippen molar-refractivity contribution < 1.29 is 9.21 Å². The molecule has 0 radical (unpaired) electrons. The minimum Gasteiger partial charge on any atom is -0.454 e. The van der Waals surface area contributed by atoms with E-state index in [4.69, 9.17) is 10.2 Å². The van der Waals surface area contributed by atoms with E-state index in [1.807, 2.05) is 6.92 Å². The van der Waals surface area contributed by atoms with Crippen LogP contribution in [0.3, 0.4) is 0 Å². The molecule has 0 fully saturated rings. The van der Waals surface area contributed by atoms with Crippen LogP contribution in [0.4, 0.5) is 0 Å². The van der Waals surface area contributed by atoms with Gasteiger partial charge < -0.3 is 20.8 Å². The molecule has 0 atom stereocenters. The highest BCUT2D eigenvalue weighted by Gasteiger charge is 2.06. The number of thioether (sulfide) groups is 1. The second-order valence-electron chi connectivity index (χ2n) is 3.74. The van der Waals surface area contributed by atoms with Crippen LogP contribution >= 0.6 is 11.8 Å². The molecule has 106 valence electrons. The molecule has 0 bridgehead atoms. The average molecular weight is 284 g/mol. The molecule has 4 N–H and O–H groups in total. The van der Waals surface area contributed by atoms with Crippen molar-refractivity contribution in [3.8, 4) is 0 Å². The highest BCUT2D eigenvalue weighted by Crippen LogP contribution is 2.08. The smallest absolute Gasteiger partial charge is 0.284 e. The van der Waals surface area contributed by atoms with Crippen LogP contribution in [-0.2, 0) is 6.54 Å². The van der Waals surface area contributed by atoms with Crippen LogP contribution in [-0.4, -0.2) is 37.0 Å². The molecule has 0 aromatic carbocycles. The maximum atomic E-state index is 10.9. The van der Waals surface area contributed by atoms with Crippen molar-refractivity contribution in [3.05, 3.63) is 23.7 Å². The maximum Gasteiger partial charge on any atom is 0.284 e. The molecule has 0 aliphatic carbocycles. The van der Waals surface area contributed by atoms with Gasteiger partial charge in [0, 0.05) is 18.8 Å². The van der Waals surface area contributed by atoms with Gasteiger partial charge in [-0.15, -0.1) is 0 Å². The lowest BCUT2D eigenvalue weighted by atomic mass is 10.4. The Kier molecular flexibility index (Phi) is 6.88. The summed E-state index contributed by atoms with van der Waals surface area (Å²) in [5, 5.41) is 6.34. The first-order chi connectivity index (χ1) is 9.17. The lowest BCUT2D eigenvalue weighted by Gasteiger charge is -2.09. The van der Waals surface area contributed by atoms with Crippen molar-refractivity contribution in [2.24, 2.45) is 10.7 Å².